The minimum absolute atomic E-state index is 0.143. The second-order valence-electron chi connectivity index (χ2n) is 4.46. The lowest BCUT2D eigenvalue weighted by atomic mass is 9.78. The van der Waals surface area contributed by atoms with E-state index in [1.54, 1.807) is 0 Å². The molecular formula is C10H17NOS. The Hall–Kier alpha value is -0.180. The molecule has 1 saturated heterocycles. The minimum atomic E-state index is 0.143. The van der Waals surface area contributed by atoms with Gasteiger partial charge in [-0.1, -0.05) is 0 Å². The maximum atomic E-state index is 11.7. The number of nitrogens with one attached hydrogen (secondary N) is 1. The molecule has 1 saturated carbocycles. The molecule has 1 unspecified atom stereocenters. The average Bonchev–Trinajstić information content (AvgIpc) is 2.53. The van der Waals surface area contributed by atoms with Gasteiger partial charge in [0.15, 0.2) is 0 Å². The first-order valence-electron chi connectivity index (χ1n) is 5.09. The van der Waals surface area contributed by atoms with Crippen molar-refractivity contribution in [2.24, 2.45) is 5.92 Å². The van der Waals surface area contributed by atoms with Crippen molar-refractivity contribution in [3.63, 3.8) is 0 Å². The van der Waals surface area contributed by atoms with E-state index in [4.69, 9.17) is 0 Å². The van der Waals surface area contributed by atoms with Crippen molar-refractivity contribution in [1.82, 2.24) is 5.32 Å². The Morgan fingerprint density at radius 1 is 1.54 bits per heavy atom. The Kier molecular flexibility index (Phi) is 2.54. The van der Waals surface area contributed by atoms with Crippen LogP contribution in [-0.4, -0.2) is 23.0 Å². The summed E-state index contributed by atoms with van der Waals surface area (Å²) >= 11 is 1.90. The van der Waals surface area contributed by atoms with Gasteiger partial charge < -0.3 is 5.32 Å². The van der Waals surface area contributed by atoms with Gasteiger partial charge in [-0.15, -0.1) is 0 Å². The van der Waals surface area contributed by atoms with Crippen molar-refractivity contribution in [3.05, 3.63) is 0 Å². The maximum absolute atomic E-state index is 11.7. The lowest BCUT2D eigenvalue weighted by Gasteiger charge is -2.39. The van der Waals surface area contributed by atoms with Crippen molar-refractivity contribution in [1.29, 1.82) is 0 Å². The van der Waals surface area contributed by atoms with E-state index >= 15 is 0 Å². The summed E-state index contributed by atoms with van der Waals surface area (Å²) in [5.41, 5.74) is 0.143. The van der Waals surface area contributed by atoms with Gasteiger partial charge in [-0.05, 0) is 38.4 Å². The van der Waals surface area contributed by atoms with Gasteiger partial charge in [0, 0.05) is 17.2 Å². The highest BCUT2D eigenvalue weighted by atomic mass is 32.2. The lowest BCUT2D eigenvalue weighted by Crippen LogP contribution is -2.52. The molecule has 1 amide bonds. The summed E-state index contributed by atoms with van der Waals surface area (Å²) in [6.07, 6.45) is 4.68. The Bertz CT molecular complexity index is 207. The molecule has 1 aliphatic carbocycles. The lowest BCUT2D eigenvalue weighted by molar-refractivity contribution is -0.127. The number of thioether (sulfide) groups is 1. The first-order chi connectivity index (χ1) is 6.20. The van der Waals surface area contributed by atoms with E-state index in [-0.39, 0.29) is 5.54 Å². The molecular weight excluding hydrogens is 182 g/mol. The first-order valence-corrected chi connectivity index (χ1v) is 6.25. The molecule has 1 atom stereocenters. The van der Waals surface area contributed by atoms with Gasteiger partial charge in [0.05, 0.1) is 0 Å². The molecule has 1 heterocycles. The molecule has 0 radical (unpaired) electrons. The molecule has 2 fully saturated rings. The molecule has 0 aromatic carbocycles. The number of rotatable bonds is 2. The Morgan fingerprint density at radius 3 is 2.77 bits per heavy atom. The monoisotopic (exact) mass is 199 g/mol. The molecule has 1 N–H and O–H groups in total. The van der Waals surface area contributed by atoms with Crippen LogP contribution >= 0.6 is 11.8 Å². The van der Waals surface area contributed by atoms with E-state index in [1.165, 1.54) is 19.3 Å². The van der Waals surface area contributed by atoms with Crippen molar-refractivity contribution in [2.45, 2.75) is 38.1 Å². The van der Waals surface area contributed by atoms with Gasteiger partial charge in [-0.3, -0.25) is 4.79 Å². The third kappa shape index (κ3) is 2.01. The third-order valence-corrected chi connectivity index (χ3v) is 4.35. The van der Waals surface area contributed by atoms with Gasteiger partial charge in [-0.2, -0.15) is 11.8 Å². The molecule has 0 aromatic rings. The highest BCUT2D eigenvalue weighted by molar-refractivity contribution is 7.99. The van der Waals surface area contributed by atoms with Crippen LogP contribution in [0.4, 0.5) is 0 Å². The highest BCUT2D eigenvalue weighted by Crippen LogP contribution is 2.32. The Morgan fingerprint density at radius 2 is 2.31 bits per heavy atom. The van der Waals surface area contributed by atoms with Crippen LogP contribution in [0.25, 0.3) is 0 Å². The summed E-state index contributed by atoms with van der Waals surface area (Å²) in [5, 5.41) is 3.18. The van der Waals surface area contributed by atoms with Crippen LogP contribution in [0.1, 0.15) is 32.6 Å². The zero-order chi connectivity index (χ0) is 9.31. The van der Waals surface area contributed by atoms with Crippen LogP contribution in [0.5, 0.6) is 0 Å². The number of hydrogen-bond donors (Lipinski definition) is 1. The second kappa shape index (κ2) is 3.52. The molecule has 2 nitrogen and oxygen atoms in total. The van der Waals surface area contributed by atoms with E-state index in [1.807, 2.05) is 11.8 Å². The second-order valence-corrected chi connectivity index (χ2v) is 5.61. The molecule has 0 spiro atoms. The first kappa shape index (κ1) is 9.38. The molecule has 74 valence electrons. The topological polar surface area (TPSA) is 29.1 Å². The summed E-state index contributed by atoms with van der Waals surface area (Å²) in [6.45, 7) is 2.16. The molecule has 13 heavy (non-hydrogen) atoms. The van der Waals surface area contributed by atoms with Gasteiger partial charge in [0.1, 0.15) is 0 Å². The number of hydrogen-bond acceptors (Lipinski definition) is 2. The van der Waals surface area contributed by atoms with E-state index in [9.17, 15) is 4.79 Å². The number of carbonyl (C=O) groups excluding carboxylic acids is 1. The SMILES string of the molecule is CC1(NC(=O)C2CCSC2)CCC1. The zero-order valence-corrected chi connectivity index (χ0v) is 8.95. The molecule has 1 aliphatic heterocycles. The summed E-state index contributed by atoms with van der Waals surface area (Å²) in [6, 6.07) is 0. The van der Waals surface area contributed by atoms with Gasteiger partial charge in [0.25, 0.3) is 0 Å². The Labute approximate surface area is 83.8 Å². The van der Waals surface area contributed by atoms with E-state index < -0.39 is 0 Å². The van der Waals surface area contributed by atoms with Crippen LogP contribution in [0.3, 0.4) is 0 Å². The predicted molar refractivity (Wildman–Crippen MR) is 55.8 cm³/mol. The third-order valence-electron chi connectivity index (χ3n) is 3.18. The predicted octanol–water partition coefficient (Wildman–Crippen LogP) is 1.80. The van der Waals surface area contributed by atoms with Crippen LogP contribution < -0.4 is 5.32 Å². The van der Waals surface area contributed by atoms with Crippen LogP contribution in [0.15, 0.2) is 0 Å². The minimum Gasteiger partial charge on any atom is -0.351 e. The van der Waals surface area contributed by atoms with E-state index in [2.05, 4.69) is 12.2 Å². The summed E-state index contributed by atoms with van der Waals surface area (Å²) < 4.78 is 0. The number of amides is 1. The molecule has 0 bridgehead atoms. The van der Waals surface area contributed by atoms with Gasteiger partial charge in [0.2, 0.25) is 5.91 Å². The molecule has 2 rings (SSSR count). The fourth-order valence-electron chi connectivity index (χ4n) is 1.97. The van der Waals surface area contributed by atoms with Crippen molar-refractivity contribution in [2.75, 3.05) is 11.5 Å². The largest absolute Gasteiger partial charge is 0.351 e. The summed E-state index contributed by atoms with van der Waals surface area (Å²) in [5.74, 6) is 2.78. The molecule has 3 heteroatoms. The van der Waals surface area contributed by atoms with Crippen molar-refractivity contribution < 1.29 is 4.79 Å². The van der Waals surface area contributed by atoms with Crippen LogP contribution in [-0.2, 0) is 4.79 Å². The quantitative estimate of drug-likeness (QED) is 0.734. The zero-order valence-electron chi connectivity index (χ0n) is 8.14. The van der Waals surface area contributed by atoms with Gasteiger partial charge >= 0.3 is 0 Å². The van der Waals surface area contributed by atoms with Crippen molar-refractivity contribution >= 4 is 17.7 Å². The fourth-order valence-corrected chi connectivity index (χ4v) is 3.19. The Balaban J connectivity index is 1.83. The maximum Gasteiger partial charge on any atom is 0.224 e. The highest BCUT2D eigenvalue weighted by Gasteiger charge is 2.35. The average molecular weight is 199 g/mol. The molecule has 2 aliphatic rings. The fraction of sp³-hybridized carbons (Fsp3) is 0.900. The normalized spacial score (nSPS) is 31.0. The summed E-state index contributed by atoms with van der Waals surface area (Å²) in [7, 11) is 0. The molecule has 0 aromatic heterocycles. The van der Waals surface area contributed by atoms with Gasteiger partial charge in [-0.25, -0.2) is 0 Å². The number of carbonyl (C=O) groups is 1. The van der Waals surface area contributed by atoms with Crippen LogP contribution in [0.2, 0.25) is 0 Å². The van der Waals surface area contributed by atoms with E-state index in [0.29, 0.717) is 11.8 Å². The standard InChI is InChI=1S/C10H17NOS/c1-10(4-2-5-10)11-9(12)8-3-6-13-7-8/h8H,2-7H2,1H3,(H,11,12). The van der Waals surface area contributed by atoms with Crippen LogP contribution in [0, 0.1) is 5.92 Å². The summed E-state index contributed by atoms with van der Waals surface area (Å²) in [4.78, 5) is 11.7. The van der Waals surface area contributed by atoms with E-state index in [0.717, 1.165) is 17.9 Å². The van der Waals surface area contributed by atoms with Crippen molar-refractivity contribution in [3.8, 4) is 0 Å². The smallest absolute Gasteiger partial charge is 0.224 e.